The Kier molecular flexibility index (Phi) is 4.25. The Bertz CT molecular complexity index is 288. The van der Waals surface area contributed by atoms with Gasteiger partial charge in [-0.1, -0.05) is 0 Å². The molecule has 0 bridgehead atoms. The van der Waals surface area contributed by atoms with Crippen LogP contribution in [0.5, 0.6) is 0 Å². The number of ketones is 1. The summed E-state index contributed by atoms with van der Waals surface area (Å²) >= 11 is 0. The van der Waals surface area contributed by atoms with Gasteiger partial charge in [-0.3, -0.25) is 14.5 Å². The highest BCUT2D eigenvalue weighted by atomic mass is 16.2. The molecule has 0 aliphatic carbocycles. The van der Waals surface area contributed by atoms with Crippen LogP contribution in [0.3, 0.4) is 0 Å². The molecule has 5 heteroatoms. The summed E-state index contributed by atoms with van der Waals surface area (Å²) in [7, 11) is 0. The standard InChI is InChI=1S/C10H15N3O2/c1-9(14)13-6-4-12(5-7-13)8-10(15)2-3-11/h2,4-8H2,1H3. The number of piperazine rings is 1. The van der Waals surface area contributed by atoms with Gasteiger partial charge in [-0.05, 0) is 0 Å². The van der Waals surface area contributed by atoms with Crippen LogP contribution in [0.1, 0.15) is 13.3 Å². The molecule has 1 saturated heterocycles. The molecule has 1 aliphatic rings. The van der Waals surface area contributed by atoms with Crippen molar-refractivity contribution in [1.82, 2.24) is 9.80 Å². The number of carbonyl (C=O) groups excluding carboxylic acids is 2. The van der Waals surface area contributed by atoms with Crippen molar-refractivity contribution in [2.45, 2.75) is 13.3 Å². The monoisotopic (exact) mass is 209 g/mol. The molecule has 1 heterocycles. The number of Topliss-reactive ketones (excluding diaryl/α,β-unsaturated/α-hetero) is 1. The van der Waals surface area contributed by atoms with E-state index in [0.717, 1.165) is 13.1 Å². The summed E-state index contributed by atoms with van der Waals surface area (Å²) in [6, 6.07) is 1.84. The van der Waals surface area contributed by atoms with E-state index < -0.39 is 0 Å². The topological polar surface area (TPSA) is 64.4 Å². The first-order valence-electron chi connectivity index (χ1n) is 5.00. The van der Waals surface area contributed by atoms with E-state index in [0.29, 0.717) is 19.6 Å². The molecule has 1 rings (SSSR count). The van der Waals surface area contributed by atoms with E-state index in [2.05, 4.69) is 0 Å². The Hall–Kier alpha value is -1.41. The van der Waals surface area contributed by atoms with Crippen molar-refractivity contribution in [1.29, 1.82) is 5.26 Å². The highest BCUT2D eigenvalue weighted by molar-refractivity contribution is 5.82. The summed E-state index contributed by atoms with van der Waals surface area (Å²) in [4.78, 5) is 26.0. The second-order valence-corrected chi connectivity index (χ2v) is 3.66. The summed E-state index contributed by atoms with van der Waals surface area (Å²) < 4.78 is 0. The molecule has 1 fully saturated rings. The third kappa shape index (κ3) is 3.68. The van der Waals surface area contributed by atoms with Crippen LogP contribution < -0.4 is 0 Å². The van der Waals surface area contributed by atoms with Gasteiger partial charge in [-0.2, -0.15) is 5.26 Å². The van der Waals surface area contributed by atoms with E-state index in [1.165, 1.54) is 0 Å². The number of nitrogens with zero attached hydrogens (tertiary/aromatic N) is 3. The van der Waals surface area contributed by atoms with Crippen molar-refractivity contribution in [3.63, 3.8) is 0 Å². The van der Waals surface area contributed by atoms with E-state index in [9.17, 15) is 9.59 Å². The molecule has 82 valence electrons. The number of carbonyl (C=O) groups is 2. The van der Waals surface area contributed by atoms with E-state index in [1.54, 1.807) is 11.8 Å². The van der Waals surface area contributed by atoms with Gasteiger partial charge < -0.3 is 4.90 Å². The smallest absolute Gasteiger partial charge is 0.219 e. The SMILES string of the molecule is CC(=O)N1CCN(CC(=O)CC#N)CC1. The van der Waals surface area contributed by atoms with Gasteiger partial charge in [-0.15, -0.1) is 0 Å². The van der Waals surface area contributed by atoms with Crippen LogP contribution in [0.15, 0.2) is 0 Å². The fourth-order valence-electron chi connectivity index (χ4n) is 1.61. The first-order chi connectivity index (χ1) is 7.13. The molecular formula is C10H15N3O2. The maximum absolute atomic E-state index is 11.2. The predicted molar refractivity (Wildman–Crippen MR) is 53.9 cm³/mol. The summed E-state index contributed by atoms with van der Waals surface area (Å²) in [6.45, 7) is 4.67. The minimum absolute atomic E-state index is 0.0209. The number of hydrogen-bond donors (Lipinski definition) is 0. The lowest BCUT2D eigenvalue weighted by molar-refractivity contribution is -0.130. The Labute approximate surface area is 89.3 Å². The van der Waals surface area contributed by atoms with E-state index in [4.69, 9.17) is 5.26 Å². The highest BCUT2D eigenvalue weighted by Gasteiger charge is 2.19. The van der Waals surface area contributed by atoms with Crippen LogP contribution in [0, 0.1) is 11.3 Å². The first kappa shape index (κ1) is 11.7. The molecule has 0 aromatic rings. The normalized spacial score (nSPS) is 17.2. The molecule has 15 heavy (non-hydrogen) atoms. The average molecular weight is 209 g/mol. The van der Waals surface area contributed by atoms with Crippen molar-refractivity contribution in [2.75, 3.05) is 32.7 Å². The molecule has 0 saturated carbocycles. The Balaban J connectivity index is 2.29. The second-order valence-electron chi connectivity index (χ2n) is 3.66. The molecule has 1 amide bonds. The molecule has 0 spiro atoms. The van der Waals surface area contributed by atoms with Crippen LogP contribution in [0.25, 0.3) is 0 Å². The van der Waals surface area contributed by atoms with Crippen LogP contribution in [0.4, 0.5) is 0 Å². The predicted octanol–water partition coefficient (Wildman–Crippen LogP) is -0.367. The third-order valence-corrected chi connectivity index (χ3v) is 2.49. The van der Waals surface area contributed by atoms with Gasteiger partial charge in [0.05, 0.1) is 19.0 Å². The van der Waals surface area contributed by atoms with Crippen molar-refractivity contribution < 1.29 is 9.59 Å². The zero-order valence-corrected chi connectivity index (χ0v) is 8.90. The van der Waals surface area contributed by atoms with Gasteiger partial charge in [0, 0.05) is 33.1 Å². The molecule has 0 atom stereocenters. The summed E-state index contributed by atoms with van der Waals surface area (Å²) in [5, 5.41) is 8.34. The Morgan fingerprint density at radius 3 is 2.33 bits per heavy atom. The Morgan fingerprint density at radius 2 is 1.87 bits per heavy atom. The minimum Gasteiger partial charge on any atom is -0.340 e. The quantitative estimate of drug-likeness (QED) is 0.636. The highest BCUT2D eigenvalue weighted by Crippen LogP contribution is 2.02. The Morgan fingerprint density at radius 1 is 1.27 bits per heavy atom. The van der Waals surface area contributed by atoms with E-state index >= 15 is 0 Å². The fourth-order valence-corrected chi connectivity index (χ4v) is 1.61. The zero-order valence-electron chi connectivity index (χ0n) is 8.90. The lowest BCUT2D eigenvalue weighted by Gasteiger charge is -2.33. The number of nitriles is 1. The van der Waals surface area contributed by atoms with Gasteiger partial charge in [0.2, 0.25) is 5.91 Å². The van der Waals surface area contributed by atoms with Crippen LogP contribution in [0.2, 0.25) is 0 Å². The van der Waals surface area contributed by atoms with Crippen LogP contribution in [-0.4, -0.2) is 54.2 Å². The van der Waals surface area contributed by atoms with Crippen molar-refractivity contribution in [3.05, 3.63) is 0 Å². The summed E-state index contributed by atoms with van der Waals surface area (Å²) in [5.74, 6) is 0.0341. The van der Waals surface area contributed by atoms with E-state index in [-0.39, 0.29) is 18.1 Å². The maximum atomic E-state index is 11.2. The van der Waals surface area contributed by atoms with Gasteiger partial charge >= 0.3 is 0 Å². The largest absolute Gasteiger partial charge is 0.340 e. The fraction of sp³-hybridized carbons (Fsp3) is 0.700. The lowest BCUT2D eigenvalue weighted by atomic mass is 10.2. The second kappa shape index (κ2) is 5.47. The molecule has 0 unspecified atom stereocenters. The molecule has 0 aromatic carbocycles. The number of hydrogen-bond acceptors (Lipinski definition) is 4. The third-order valence-electron chi connectivity index (χ3n) is 2.49. The minimum atomic E-state index is -0.0474. The van der Waals surface area contributed by atoms with Crippen LogP contribution in [-0.2, 0) is 9.59 Å². The number of rotatable bonds is 3. The average Bonchev–Trinajstić information content (AvgIpc) is 2.18. The first-order valence-corrected chi connectivity index (χ1v) is 5.00. The van der Waals surface area contributed by atoms with Crippen molar-refractivity contribution >= 4 is 11.7 Å². The number of amides is 1. The zero-order chi connectivity index (χ0) is 11.3. The molecular weight excluding hydrogens is 194 g/mol. The van der Waals surface area contributed by atoms with Gasteiger partial charge in [-0.25, -0.2) is 0 Å². The van der Waals surface area contributed by atoms with Gasteiger partial charge in [0.15, 0.2) is 5.78 Å². The van der Waals surface area contributed by atoms with Gasteiger partial charge in [0.25, 0.3) is 0 Å². The lowest BCUT2D eigenvalue weighted by Crippen LogP contribution is -2.49. The summed E-state index contributed by atoms with van der Waals surface area (Å²) in [6.07, 6.45) is -0.0209. The summed E-state index contributed by atoms with van der Waals surface area (Å²) in [5.41, 5.74) is 0. The van der Waals surface area contributed by atoms with Gasteiger partial charge in [0.1, 0.15) is 0 Å². The molecule has 0 aromatic heterocycles. The van der Waals surface area contributed by atoms with Crippen LogP contribution >= 0.6 is 0 Å². The van der Waals surface area contributed by atoms with Crippen molar-refractivity contribution in [3.8, 4) is 6.07 Å². The molecule has 1 aliphatic heterocycles. The molecule has 5 nitrogen and oxygen atoms in total. The maximum Gasteiger partial charge on any atom is 0.219 e. The van der Waals surface area contributed by atoms with E-state index in [1.807, 2.05) is 11.0 Å². The molecule has 0 N–H and O–H groups in total. The van der Waals surface area contributed by atoms with Crippen molar-refractivity contribution in [2.24, 2.45) is 0 Å². The molecule has 0 radical (unpaired) electrons.